The highest BCUT2D eigenvalue weighted by atomic mass is 15.3. The van der Waals surface area contributed by atoms with Crippen LogP contribution >= 0.6 is 0 Å². The van der Waals surface area contributed by atoms with Crippen molar-refractivity contribution in [2.75, 3.05) is 5.73 Å². The van der Waals surface area contributed by atoms with Gasteiger partial charge in [-0.25, -0.2) is 4.98 Å². The summed E-state index contributed by atoms with van der Waals surface area (Å²) >= 11 is 0. The third-order valence-corrected chi connectivity index (χ3v) is 3.10. The summed E-state index contributed by atoms with van der Waals surface area (Å²) in [6.45, 7) is 4.42. The van der Waals surface area contributed by atoms with E-state index in [0.717, 1.165) is 11.3 Å². The van der Waals surface area contributed by atoms with Crippen molar-refractivity contribution in [3.05, 3.63) is 24.0 Å². The summed E-state index contributed by atoms with van der Waals surface area (Å²) in [5, 5.41) is 4.14. The number of aromatic nitrogens is 3. The minimum Gasteiger partial charge on any atom is -0.384 e. The van der Waals surface area contributed by atoms with Crippen molar-refractivity contribution in [3.63, 3.8) is 0 Å². The van der Waals surface area contributed by atoms with E-state index >= 15 is 0 Å². The van der Waals surface area contributed by atoms with Crippen molar-refractivity contribution in [1.82, 2.24) is 14.6 Å². The number of nitrogens with zero attached hydrogens (tertiary/aromatic N) is 3. The zero-order valence-electron chi connectivity index (χ0n) is 10.6. The topological polar surface area (TPSA) is 56.2 Å². The third-order valence-electron chi connectivity index (χ3n) is 3.10. The highest BCUT2D eigenvalue weighted by molar-refractivity contribution is 5.47. The van der Waals surface area contributed by atoms with Gasteiger partial charge in [0.2, 0.25) is 0 Å². The van der Waals surface area contributed by atoms with E-state index < -0.39 is 0 Å². The van der Waals surface area contributed by atoms with Crippen molar-refractivity contribution in [1.29, 1.82) is 0 Å². The molecule has 0 spiro atoms. The van der Waals surface area contributed by atoms with Crippen LogP contribution in [0, 0.1) is 0 Å². The molecule has 0 atom stereocenters. The van der Waals surface area contributed by atoms with Crippen molar-refractivity contribution in [2.24, 2.45) is 0 Å². The molecule has 0 saturated carbocycles. The van der Waals surface area contributed by atoms with E-state index in [1.807, 2.05) is 12.1 Å². The molecular weight excluding hydrogens is 212 g/mol. The molecule has 0 aliphatic heterocycles. The van der Waals surface area contributed by atoms with Crippen LogP contribution in [0.5, 0.6) is 0 Å². The number of hydrogen-bond donors (Lipinski definition) is 1. The maximum atomic E-state index is 5.99. The number of hydrogen-bond acceptors (Lipinski definition) is 3. The van der Waals surface area contributed by atoms with Crippen molar-refractivity contribution in [3.8, 4) is 0 Å². The van der Waals surface area contributed by atoms with Gasteiger partial charge in [-0.3, -0.25) is 0 Å². The van der Waals surface area contributed by atoms with Gasteiger partial charge in [0.05, 0.1) is 6.20 Å². The molecule has 4 heteroatoms. The Kier molecular flexibility index (Phi) is 3.61. The number of fused-ring (bicyclic) bond motifs is 1. The van der Waals surface area contributed by atoms with Gasteiger partial charge in [-0.1, -0.05) is 26.7 Å². The number of anilines is 1. The Balaban J connectivity index is 2.38. The summed E-state index contributed by atoms with van der Waals surface area (Å²) in [7, 11) is 0. The molecular formula is C13H20N4. The van der Waals surface area contributed by atoms with Gasteiger partial charge in [-0.05, 0) is 12.8 Å². The molecule has 0 aliphatic rings. The minimum absolute atomic E-state index is 0.521. The maximum absolute atomic E-state index is 5.99. The molecule has 92 valence electrons. The molecule has 0 saturated heterocycles. The van der Waals surface area contributed by atoms with Gasteiger partial charge in [0.1, 0.15) is 5.82 Å². The van der Waals surface area contributed by atoms with Gasteiger partial charge in [-0.2, -0.15) is 9.61 Å². The smallest absolute Gasteiger partial charge is 0.157 e. The molecule has 0 bridgehead atoms. The summed E-state index contributed by atoms with van der Waals surface area (Å²) in [6, 6.07) is 3.87. The van der Waals surface area contributed by atoms with Crippen molar-refractivity contribution in [2.45, 2.75) is 45.4 Å². The largest absolute Gasteiger partial charge is 0.384 e. The highest BCUT2D eigenvalue weighted by Gasteiger charge is 2.13. The molecule has 0 amide bonds. The SMILES string of the molecule is CCCC(CCC)c1cc(N)n2nccc2n1. The van der Waals surface area contributed by atoms with Gasteiger partial charge in [0, 0.05) is 23.7 Å². The normalized spacial score (nSPS) is 11.5. The summed E-state index contributed by atoms with van der Waals surface area (Å²) in [4.78, 5) is 4.65. The van der Waals surface area contributed by atoms with Gasteiger partial charge in [0.15, 0.2) is 5.65 Å². The molecule has 2 rings (SSSR count). The Hall–Kier alpha value is -1.58. The first-order valence-corrected chi connectivity index (χ1v) is 6.36. The van der Waals surface area contributed by atoms with Gasteiger partial charge < -0.3 is 5.73 Å². The van der Waals surface area contributed by atoms with E-state index in [9.17, 15) is 0 Å². The van der Waals surface area contributed by atoms with E-state index in [4.69, 9.17) is 5.73 Å². The molecule has 2 aromatic rings. The van der Waals surface area contributed by atoms with Crippen LogP contribution in [0.3, 0.4) is 0 Å². The number of nitrogens with two attached hydrogens (primary N) is 1. The minimum atomic E-state index is 0.521. The molecule has 2 heterocycles. The fraction of sp³-hybridized carbons (Fsp3) is 0.538. The molecule has 0 aliphatic carbocycles. The monoisotopic (exact) mass is 232 g/mol. The predicted molar refractivity (Wildman–Crippen MR) is 70.0 cm³/mol. The lowest BCUT2D eigenvalue weighted by Crippen LogP contribution is -2.07. The van der Waals surface area contributed by atoms with Gasteiger partial charge >= 0.3 is 0 Å². The van der Waals surface area contributed by atoms with Crippen LogP contribution < -0.4 is 5.73 Å². The molecule has 17 heavy (non-hydrogen) atoms. The average Bonchev–Trinajstić information content (AvgIpc) is 2.77. The first kappa shape index (κ1) is 11.9. The average molecular weight is 232 g/mol. The Bertz CT molecular complexity index is 483. The zero-order valence-corrected chi connectivity index (χ0v) is 10.6. The third kappa shape index (κ3) is 2.40. The quantitative estimate of drug-likeness (QED) is 0.862. The molecule has 2 aromatic heterocycles. The second-order valence-corrected chi connectivity index (χ2v) is 4.48. The summed E-state index contributed by atoms with van der Waals surface area (Å²) in [5.74, 6) is 1.19. The molecule has 0 fully saturated rings. The molecule has 0 radical (unpaired) electrons. The summed E-state index contributed by atoms with van der Waals surface area (Å²) in [6.07, 6.45) is 6.43. The number of nitrogen functional groups attached to an aromatic ring is 1. The maximum Gasteiger partial charge on any atom is 0.157 e. The number of rotatable bonds is 5. The Labute approximate surface area is 102 Å². The summed E-state index contributed by atoms with van der Waals surface area (Å²) in [5.41, 5.74) is 7.95. The van der Waals surface area contributed by atoms with Gasteiger partial charge in [0.25, 0.3) is 0 Å². The Morgan fingerprint density at radius 3 is 2.65 bits per heavy atom. The van der Waals surface area contributed by atoms with E-state index in [1.165, 1.54) is 25.7 Å². The van der Waals surface area contributed by atoms with E-state index in [-0.39, 0.29) is 0 Å². The second kappa shape index (κ2) is 5.17. The van der Waals surface area contributed by atoms with E-state index in [0.29, 0.717) is 11.7 Å². The second-order valence-electron chi connectivity index (χ2n) is 4.48. The van der Waals surface area contributed by atoms with Crippen LogP contribution in [0.1, 0.15) is 51.1 Å². The van der Waals surface area contributed by atoms with Crippen LogP contribution in [0.25, 0.3) is 5.65 Å². The Morgan fingerprint density at radius 2 is 2.00 bits per heavy atom. The van der Waals surface area contributed by atoms with E-state index in [2.05, 4.69) is 23.9 Å². The lowest BCUT2D eigenvalue weighted by atomic mass is 9.94. The van der Waals surface area contributed by atoms with Gasteiger partial charge in [-0.15, -0.1) is 0 Å². The van der Waals surface area contributed by atoms with Crippen molar-refractivity contribution >= 4 is 11.5 Å². The first-order valence-electron chi connectivity index (χ1n) is 6.36. The highest BCUT2D eigenvalue weighted by Crippen LogP contribution is 2.26. The van der Waals surface area contributed by atoms with Crippen LogP contribution in [-0.2, 0) is 0 Å². The van der Waals surface area contributed by atoms with Crippen LogP contribution in [-0.4, -0.2) is 14.6 Å². The fourth-order valence-electron chi connectivity index (χ4n) is 2.30. The first-order chi connectivity index (χ1) is 8.26. The lowest BCUT2D eigenvalue weighted by molar-refractivity contribution is 0.548. The van der Waals surface area contributed by atoms with Crippen LogP contribution in [0.4, 0.5) is 5.82 Å². The fourth-order valence-corrected chi connectivity index (χ4v) is 2.30. The predicted octanol–water partition coefficient (Wildman–Crippen LogP) is 3.00. The molecule has 0 unspecified atom stereocenters. The summed E-state index contributed by atoms with van der Waals surface area (Å²) < 4.78 is 1.68. The van der Waals surface area contributed by atoms with Crippen molar-refractivity contribution < 1.29 is 0 Å². The lowest BCUT2D eigenvalue weighted by Gasteiger charge is -2.15. The molecule has 2 N–H and O–H groups in total. The van der Waals surface area contributed by atoms with Crippen LogP contribution in [0.15, 0.2) is 18.3 Å². The zero-order chi connectivity index (χ0) is 12.3. The Morgan fingerprint density at radius 1 is 1.29 bits per heavy atom. The standard InChI is InChI=1S/C13H20N4/c1-3-5-10(6-4-2)11-9-12(14)17-13(16-11)7-8-15-17/h7-10H,3-6,14H2,1-2H3. The van der Waals surface area contributed by atoms with E-state index in [1.54, 1.807) is 10.7 Å². The van der Waals surface area contributed by atoms with Crippen LogP contribution in [0.2, 0.25) is 0 Å². The molecule has 4 nitrogen and oxygen atoms in total. The molecule has 0 aromatic carbocycles.